The first-order chi connectivity index (χ1) is 8.96. The van der Waals surface area contributed by atoms with Gasteiger partial charge in [-0.2, -0.15) is 0 Å². The van der Waals surface area contributed by atoms with E-state index < -0.39 is 0 Å². The number of anilines is 1. The minimum Gasteiger partial charge on any atom is -0.489 e. The van der Waals surface area contributed by atoms with Crippen molar-refractivity contribution >= 4 is 5.69 Å². The van der Waals surface area contributed by atoms with Gasteiger partial charge in [0.25, 0.3) is 0 Å². The largest absolute Gasteiger partial charge is 0.489 e. The van der Waals surface area contributed by atoms with Crippen LogP contribution in [0.2, 0.25) is 0 Å². The Morgan fingerprint density at radius 3 is 2.58 bits per heavy atom. The summed E-state index contributed by atoms with van der Waals surface area (Å²) < 4.78 is 5.96. The van der Waals surface area contributed by atoms with Crippen LogP contribution in [-0.4, -0.2) is 31.3 Å². The van der Waals surface area contributed by atoms with Gasteiger partial charge in [-0.05, 0) is 53.3 Å². The number of hydrogen-bond donors (Lipinski definition) is 1. The highest BCUT2D eigenvalue weighted by Gasteiger charge is 2.41. The highest BCUT2D eigenvalue weighted by Crippen LogP contribution is 2.39. The third-order valence-corrected chi connectivity index (χ3v) is 4.06. The van der Waals surface area contributed by atoms with Crippen LogP contribution in [0.4, 0.5) is 5.69 Å². The molecular weight excluding hydrogens is 236 g/mol. The van der Waals surface area contributed by atoms with Crippen LogP contribution >= 0.6 is 0 Å². The maximum absolute atomic E-state index is 5.96. The SMILES string of the molecule is CNC1CCN(c2ccccc2OC(C)C)C1(C)C. The maximum atomic E-state index is 5.96. The van der Waals surface area contributed by atoms with E-state index in [2.05, 4.69) is 56.1 Å². The van der Waals surface area contributed by atoms with Crippen molar-refractivity contribution in [3.05, 3.63) is 24.3 Å². The number of hydrogen-bond acceptors (Lipinski definition) is 3. The molecule has 0 spiro atoms. The second-order valence-corrected chi connectivity index (χ2v) is 6.07. The van der Waals surface area contributed by atoms with Gasteiger partial charge in [-0.25, -0.2) is 0 Å². The molecule has 1 unspecified atom stereocenters. The fourth-order valence-corrected chi connectivity index (χ4v) is 3.05. The lowest BCUT2D eigenvalue weighted by Crippen LogP contribution is -2.50. The predicted octanol–water partition coefficient (Wildman–Crippen LogP) is 3.05. The van der Waals surface area contributed by atoms with Crippen LogP contribution in [0, 0.1) is 0 Å². The van der Waals surface area contributed by atoms with Crippen molar-refractivity contribution in [1.82, 2.24) is 5.32 Å². The third kappa shape index (κ3) is 2.71. The second-order valence-electron chi connectivity index (χ2n) is 6.07. The van der Waals surface area contributed by atoms with Gasteiger partial charge in [0.15, 0.2) is 0 Å². The zero-order valence-electron chi connectivity index (χ0n) is 12.7. The van der Waals surface area contributed by atoms with Crippen molar-refractivity contribution in [2.75, 3.05) is 18.5 Å². The van der Waals surface area contributed by atoms with E-state index in [1.807, 2.05) is 13.1 Å². The van der Waals surface area contributed by atoms with E-state index in [9.17, 15) is 0 Å². The Balaban J connectivity index is 2.32. The molecule has 1 N–H and O–H groups in total. The normalized spacial score (nSPS) is 22.0. The molecule has 19 heavy (non-hydrogen) atoms. The molecule has 3 nitrogen and oxygen atoms in total. The third-order valence-electron chi connectivity index (χ3n) is 4.06. The van der Waals surface area contributed by atoms with Crippen molar-refractivity contribution in [3.63, 3.8) is 0 Å². The summed E-state index contributed by atoms with van der Waals surface area (Å²) in [6.45, 7) is 9.81. The molecule has 1 aliphatic rings. The Kier molecular flexibility index (Phi) is 4.04. The summed E-state index contributed by atoms with van der Waals surface area (Å²) in [5.74, 6) is 0.988. The van der Waals surface area contributed by atoms with Gasteiger partial charge >= 0.3 is 0 Å². The highest BCUT2D eigenvalue weighted by molar-refractivity contribution is 5.61. The van der Waals surface area contributed by atoms with Gasteiger partial charge in [0.05, 0.1) is 17.3 Å². The summed E-state index contributed by atoms with van der Waals surface area (Å²) >= 11 is 0. The van der Waals surface area contributed by atoms with E-state index in [0.29, 0.717) is 6.04 Å². The van der Waals surface area contributed by atoms with Crippen molar-refractivity contribution in [2.45, 2.75) is 51.8 Å². The second kappa shape index (κ2) is 5.41. The van der Waals surface area contributed by atoms with Crippen LogP contribution in [0.15, 0.2) is 24.3 Å². The number of rotatable bonds is 4. The monoisotopic (exact) mass is 262 g/mol. The predicted molar refractivity (Wildman–Crippen MR) is 81.1 cm³/mol. The number of nitrogens with zero attached hydrogens (tertiary/aromatic N) is 1. The molecule has 0 radical (unpaired) electrons. The van der Waals surface area contributed by atoms with Crippen LogP contribution in [0.1, 0.15) is 34.1 Å². The number of ether oxygens (including phenoxy) is 1. The van der Waals surface area contributed by atoms with E-state index in [0.717, 1.165) is 12.3 Å². The molecular formula is C16H26N2O. The minimum absolute atomic E-state index is 0.102. The molecule has 3 heteroatoms. The average molecular weight is 262 g/mol. The van der Waals surface area contributed by atoms with Gasteiger partial charge in [-0.15, -0.1) is 0 Å². The van der Waals surface area contributed by atoms with Crippen LogP contribution in [-0.2, 0) is 0 Å². The first kappa shape index (κ1) is 14.2. The molecule has 2 rings (SSSR count). The number of benzene rings is 1. The number of para-hydroxylation sites is 2. The molecule has 0 aliphatic carbocycles. The molecule has 106 valence electrons. The molecule has 1 atom stereocenters. The molecule has 0 saturated carbocycles. The van der Waals surface area contributed by atoms with Crippen molar-refractivity contribution in [3.8, 4) is 5.75 Å². The zero-order chi connectivity index (χ0) is 14.0. The van der Waals surface area contributed by atoms with Crippen molar-refractivity contribution < 1.29 is 4.74 Å². The first-order valence-corrected chi connectivity index (χ1v) is 7.17. The van der Waals surface area contributed by atoms with Crippen LogP contribution in [0.3, 0.4) is 0 Å². The molecule has 1 aromatic rings. The number of nitrogens with one attached hydrogen (secondary N) is 1. The molecule has 1 heterocycles. The quantitative estimate of drug-likeness (QED) is 0.902. The van der Waals surface area contributed by atoms with Crippen LogP contribution in [0.25, 0.3) is 0 Å². The van der Waals surface area contributed by atoms with Gasteiger partial charge in [-0.3, -0.25) is 0 Å². The topological polar surface area (TPSA) is 24.5 Å². The number of likely N-dealkylation sites (N-methyl/N-ethyl adjacent to an activating group) is 1. The van der Waals surface area contributed by atoms with E-state index in [4.69, 9.17) is 4.74 Å². The van der Waals surface area contributed by atoms with E-state index in [1.165, 1.54) is 12.1 Å². The summed E-state index contributed by atoms with van der Waals surface area (Å²) in [5, 5.41) is 3.43. The molecule has 1 aliphatic heterocycles. The maximum Gasteiger partial charge on any atom is 0.142 e. The van der Waals surface area contributed by atoms with Gasteiger partial charge < -0.3 is 15.0 Å². The lowest BCUT2D eigenvalue weighted by atomic mass is 9.95. The van der Waals surface area contributed by atoms with Gasteiger partial charge in [0.2, 0.25) is 0 Å². The molecule has 0 amide bonds. The van der Waals surface area contributed by atoms with Crippen LogP contribution in [0.5, 0.6) is 5.75 Å². The fourth-order valence-electron chi connectivity index (χ4n) is 3.05. The molecule has 0 aromatic heterocycles. The smallest absolute Gasteiger partial charge is 0.142 e. The summed E-state index contributed by atoms with van der Waals surface area (Å²) in [4.78, 5) is 2.46. The summed E-state index contributed by atoms with van der Waals surface area (Å²) in [6.07, 6.45) is 1.37. The van der Waals surface area contributed by atoms with Crippen LogP contribution < -0.4 is 15.0 Å². The minimum atomic E-state index is 0.102. The standard InChI is InChI=1S/C16H26N2O/c1-12(2)19-14-9-7-6-8-13(14)18-11-10-15(17-5)16(18,3)4/h6-9,12,15,17H,10-11H2,1-5H3. The Bertz CT molecular complexity index is 429. The summed E-state index contributed by atoms with van der Waals surface area (Å²) in [5.41, 5.74) is 1.31. The van der Waals surface area contributed by atoms with E-state index in [-0.39, 0.29) is 11.6 Å². The average Bonchev–Trinajstić information content (AvgIpc) is 2.64. The Morgan fingerprint density at radius 1 is 1.32 bits per heavy atom. The molecule has 1 saturated heterocycles. The van der Waals surface area contributed by atoms with Gasteiger partial charge in [0.1, 0.15) is 5.75 Å². The van der Waals surface area contributed by atoms with Gasteiger partial charge in [-0.1, -0.05) is 12.1 Å². The Morgan fingerprint density at radius 2 is 2.00 bits per heavy atom. The molecule has 1 fully saturated rings. The van der Waals surface area contributed by atoms with E-state index >= 15 is 0 Å². The van der Waals surface area contributed by atoms with E-state index in [1.54, 1.807) is 0 Å². The summed E-state index contributed by atoms with van der Waals surface area (Å²) in [7, 11) is 2.05. The zero-order valence-corrected chi connectivity index (χ0v) is 12.7. The molecule has 0 bridgehead atoms. The summed E-state index contributed by atoms with van der Waals surface area (Å²) in [6, 6.07) is 8.88. The lowest BCUT2D eigenvalue weighted by Gasteiger charge is -2.38. The van der Waals surface area contributed by atoms with Crippen molar-refractivity contribution in [2.24, 2.45) is 0 Å². The Labute approximate surface area is 116 Å². The lowest BCUT2D eigenvalue weighted by molar-refractivity contribution is 0.242. The molecule has 1 aromatic carbocycles. The Hall–Kier alpha value is -1.22. The fraction of sp³-hybridized carbons (Fsp3) is 0.625. The first-order valence-electron chi connectivity index (χ1n) is 7.17. The highest BCUT2D eigenvalue weighted by atomic mass is 16.5. The van der Waals surface area contributed by atoms with Crippen molar-refractivity contribution in [1.29, 1.82) is 0 Å². The van der Waals surface area contributed by atoms with Gasteiger partial charge in [0, 0.05) is 12.6 Å².